The van der Waals surface area contributed by atoms with Crippen molar-refractivity contribution in [2.45, 2.75) is 18.9 Å². The van der Waals surface area contributed by atoms with Crippen LogP contribution in [0.15, 0.2) is 48.8 Å². The Labute approximate surface area is 166 Å². The molecule has 1 amide bonds. The molecule has 1 N–H and O–H groups in total. The van der Waals surface area contributed by atoms with E-state index in [4.69, 9.17) is 21.1 Å². The fourth-order valence-corrected chi connectivity index (χ4v) is 3.15. The summed E-state index contributed by atoms with van der Waals surface area (Å²) in [6.07, 6.45) is 2.63. The second-order valence-corrected chi connectivity index (χ2v) is 6.72. The zero-order valence-electron chi connectivity index (χ0n) is 14.9. The van der Waals surface area contributed by atoms with Crippen molar-refractivity contribution in [2.75, 3.05) is 18.5 Å². The number of anilines is 1. The summed E-state index contributed by atoms with van der Waals surface area (Å²) in [7, 11) is 0. The van der Waals surface area contributed by atoms with Crippen LogP contribution in [0, 0.1) is 0 Å². The molecule has 2 aromatic carbocycles. The zero-order valence-corrected chi connectivity index (χ0v) is 15.7. The molecule has 0 saturated heterocycles. The van der Waals surface area contributed by atoms with Crippen LogP contribution in [0.2, 0.25) is 5.02 Å². The highest BCUT2D eigenvalue weighted by molar-refractivity contribution is 6.34. The number of nitrogens with one attached hydrogen (secondary N) is 1. The zero-order chi connectivity index (χ0) is 19.3. The van der Waals surface area contributed by atoms with Gasteiger partial charge in [0.05, 0.1) is 23.9 Å². The van der Waals surface area contributed by atoms with Crippen molar-refractivity contribution in [2.24, 2.45) is 0 Å². The van der Waals surface area contributed by atoms with Gasteiger partial charge in [-0.05, 0) is 16.0 Å². The Hall–Kier alpha value is -3.13. The SMILES string of the molecule is O=C(Nc1cc2c(cc1Cl)OCCCO2)C(Cc1ccccc1)n1cnnn1. The Morgan fingerprint density at radius 1 is 1.18 bits per heavy atom. The molecule has 0 saturated carbocycles. The molecule has 144 valence electrons. The number of rotatable bonds is 5. The van der Waals surface area contributed by atoms with Gasteiger partial charge in [-0.1, -0.05) is 41.9 Å². The average Bonchev–Trinajstić information content (AvgIpc) is 3.14. The first-order valence-corrected chi connectivity index (χ1v) is 9.25. The van der Waals surface area contributed by atoms with Crippen molar-refractivity contribution in [3.05, 3.63) is 59.4 Å². The smallest absolute Gasteiger partial charge is 0.249 e. The van der Waals surface area contributed by atoms with E-state index in [9.17, 15) is 4.79 Å². The molecule has 1 atom stereocenters. The number of carbonyl (C=O) groups excluding carboxylic acids is 1. The summed E-state index contributed by atoms with van der Waals surface area (Å²) in [6.45, 7) is 1.11. The molecule has 2 heterocycles. The third-order valence-corrected chi connectivity index (χ3v) is 4.67. The highest BCUT2D eigenvalue weighted by atomic mass is 35.5. The van der Waals surface area contributed by atoms with E-state index >= 15 is 0 Å². The third-order valence-electron chi connectivity index (χ3n) is 4.35. The largest absolute Gasteiger partial charge is 0.490 e. The van der Waals surface area contributed by atoms with Gasteiger partial charge in [0.25, 0.3) is 0 Å². The van der Waals surface area contributed by atoms with Gasteiger partial charge in [-0.2, -0.15) is 0 Å². The number of amides is 1. The van der Waals surface area contributed by atoms with E-state index in [-0.39, 0.29) is 5.91 Å². The number of hydrogen-bond donors (Lipinski definition) is 1. The van der Waals surface area contributed by atoms with Gasteiger partial charge < -0.3 is 14.8 Å². The Morgan fingerprint density at radius 2 is 1.93 bits per heavy atom. The summed E-state index contributed by atoms with van der Waals surface area (Å²) in [5.41, 5.74) is 1.44. The first kappa shape index (κ1) is 18.2. The van der Waals surface area contributed by atoms with Gasteiger partial charge in [0.2, 0.25) is 5.91 Å². The number of hydrogen-bond acceptors (Lipinski definition) is 6. The Kier molecular flexibility index (Phi) is 5.38. The van der Waals surface area contributed by atoms with Gasteiger partial charge in [0.15, 0.2) is 11.5 Å². The molecule has 1 aromatic heterocycles. The number of carbonyl (C=O) groups is 1. The summed E-state index contributed by atoms with van der Waals surface area (Å²) >= 11 is 6.35. The van der Waals surface area contributed by atoms with Crippen LogP contribution in [-0.4, -0.2) is 39.3 Å². The first-order chi connectivity index (χ1) is 13.7. The van der Waals surface area contributed by atoms with Gasteiger partial charge >= 0.3 is 0 Å². The average molecular weight is 400 g/mol. The van der Waals surface area contributed by atoms with Gasteiger partial charge in [-0.25, -0.2) is 4.68 Å². The lowest BCUT2D eigenvalue weighted by molar-refractivity contribution is -0.119. The molecule has 0 radical (unpaired) electrons. The maximum Gasteiger partial charge on any atom is 0.249 e. The quantitative estimate of drug-likeness (QED) is 0.709. The topological polar surface area (TPSA) is 91.2 Å². The summed E-state index contributed by atoms with van der Waals surface area (Å²) in [5, 5.41) is 14.4. The van der Waals surface area contributed by atoms with E-state index in [1.165, 1.54) is 11.0 Å². The fourth-order valence-electron chi connectivity index (χ4n) is 2.95. The lowest BCUT2D eigenvalue weighted by atomic mass is 10.1. The van der Waals surface area contributed by atoms with Crippen LogP contribution < -0.4 is 14.8 Å². The van der Waals surface area contributed by atoms with E-state index < -0.39 is 6.04 Å². The lowest BCUT2D eigenvalue weighted by Gasteiger charge is -2.18. The Balaban J connectivity index is 1.58. The Morgan fingerprint density at radius 3 is 2.64 bits per heavy atom. The fraction of sp³-hybridized carbons (Fsp3) is 0.263. The second kappa shape index (κ2) is 8.26. The number of fused-ring (bicyclic) bond motifs is 1. The number of benzene rings is 2. The summed E-state index contributed by atoms with van der Waals surface area (Å²) in [5.74, 6) is 0.841. The van der Waals surface area contributed by atoms with Crippen molar-refractivity contribution >= 4 is 23.2 Å². The normalized spacial score (nSPS) is 14.2. The van der Waals surface area contributed by atoms with Crippen molar-refractivity contribution in [3.8, 4) is 11.5 Å². The predicted octanol–water partition coefficient (Wildman–Crippen LogP) is 2.91. The highest BCUT2D eigenvalue weighted by Gasteiger charge is 2.24. The number of halogens is 1. The number of tetrazole rings is 1. The molecule has 4 rings (SSSR count). The molecule has 1 aliphatic rings. The predicted molar refractivity (Wildman–Crippen MR) is 103 cm³/mol. The summed E-state index contributed by atoms with van der Waals surface area (Å²) < 4.78 is 12.7. The molecule has 0 aliphatic carbocycles. The molecular weight excluding hydrogens is 382 g/mol. The molecule has 1 unspecified atom stereocenters. The van der Waals surface area contributed by atoms with Gasteiger partial charge in [0.1, 0.15) is 12.4 Å². The van der Waals surface area contributed by atoms with Crippen LogP contribution in [-0.2, 0) is 11.2 Å². The van der Waals surface area contributed by atoms with Crippen LogP contribution in [0.1, 0.15) is 18.0 Å². The van der Waals surface area contributed by atoms with Gasteiger partial charge in [-0.3, -0.25) is 4.79 Å². The molecule has 1 aliphatic heterocycles. The van der Waals surface area contributed by atoms with Crippen molar-refractivity contribution in [3.63, 3.8) is 0 Å². The molecule has 0 spiro atoms. The van der Waals surface area contributed by atoms with Crippen LogP contribution >= 0.6 is 11.6 Å². The monoisotopic (exact) mass is 399 g/mol. The van der Waals surface area contributed by atoms with Crippen LogP contribution in [0.5, 0.6) is 11.5 Å². The summed E-state index contributed by atoms with van der Waals surface area (Å²) in [6, 6.07) is 12.4. The minimum absolute atomic E-state index is 0.285. The number of ether oxygens (including phenoxy) is 2. The molecule has 9 heteroatoms. The maximum absolute atomic E-state index is 13.0. The van der Waals surface area contributed by atoms with E-state index in [2.05, 4.69) is 20.8 Å². The van der Waals surface area contributed by atoms with Crippen molar-refractivity contribution < 1.29 is 14.3 Å². The number of nitrogens with zero attached hydrogens (tertiary/aromatic N) is 4. The van der Waals surface area contributed by atoms with E-state index in [1.54, 1.807) is 12.1 Å². The van der Waals surface area contributed by atoms with E-state index in [0.717, 1.165) is 12.0 Å². The standard InChI is InChI=1S/C19H18ClN5O3/c20-14-10-17-18(28-8-4-7-27-17)11-15(14)22-19(26)16(25-12-21-23-24-25)9-13-5-2-1-3-6-13/h1-3,5-6,10-12,16H,4,7-9H2,(H,22,26). The third kappa shape index (κ3) is 4.07. The maximum atomic E-state index is 13.0. The molecule has 3 aromatic rings. The minimum Gasteiger partial charge on any atom is -0.490 e. The second-order valence-electron chi connectivity index (χ2n) is 6.31. The molecular formula is C19H18ClN5O3. The highest BCUT2D eigenvalue weighted by Crippen LogP contribution is 2.38. The van der Waals surface area contributed by atoms with E-state index in [0.29, 0.717) is 41.8 Å². The van der Waals surface area contributed by atoms with E-state index in [1.807, 2.05) is 30.3 Å². The molecule has 0 bridgehead atoms. The van der Waals surface area contributed by atoms with Crippen molar-refractivity contribution in [1.82, 2.24) is 20.2 Å². The molecule has 8 nitrogen and oxygen atoms in total. The number of aromatic nitrogens is 4. The summed E-state index contributed by atoms with van der Waals surface area (Å²) in [4.78, 5) is 13.0. The Bertz CT molecular complexity index is 950. The minimum atomic E-state index is -0.635. The van der Waals surface area contributed by atoms with Gasteiger partial charge in [-0.15, -0.1) is 5.10 Å². The molecule has 28 heavy (non-hydrogen) atoms. The van der Waals surface area contributed by atoms with Crippen LogP contribution in [0.4, 0.5) is 5.69 Å². The van der Waals surface area contributed by atoms with Crippen molar-refractivity contribution in [1.29, 1.82) is 0 Å². The molecule has 0 fully saturated rings. The first-order valence-electron chi connectivity index (χ1n) is 8.87. The van der Waals surface area contributed by atoms with Crippen LogP contribution in [0.25, 0.3) is 0 Å². The lowest BCUT2D eigenvalue weighted by Crippen LogP contribution is -2.28. The van der Waals surface area contributed by atoms with Gasteiger partial charge in [0, 0.05) is 25.0 Å². The van der Waals surface area contributed by atoms with Crippen LogP contribution in [0.3, 0.4) is 0 Å².